The van der Waals surface area contributed by atoms with Crippen LogP contribution in [-0.2, 0) is 0 Å². The minimum atomic E-state index is -1.24. The van der Waals surface area contributed by atoms with Crippen molar-refractivity contribution in [1.82, 2.24) is 0 Å². The Balaban J connectivity index is 2.31. The van der Waals surface area contributed by atoms with E-state index in [-0.39, 0.29) is 5.75 Å². The second kappa shape index (κ2) is 5.57. The summed E-state index contributed by atoms with van der Waals surface area (Å²) < 4.78 is 44.7. The molecule has 0 aliphatic carbocycles. The molecule has 0 unspecified atom stereocenters. The molecule has 0 atom stereocenters. The van der Waals surface area contributed by atoms with E-state index in [1.165, 1.54) is 0 Å². The molecule has 0 saturated carbocycles. The Morgan fingerprint density at radius 3 is 2.15 bits per heavy atom. The highest BCUT2D eigenvalue weighted by Crippen LogP contribution is 2.29. The maximum atomic E-state index is 13.5. The lowest BCUT2D eigenvalue weighted by molar-refractivity contribution is 0.421. The number of halogens is 3. The third-order valence-corrected chi connectivity index (χ3v) is 3.07. The number of aryl methyl sites for hydroxylation is 1. The van der Waals surface area contributed by atoms with E-state index in [1.54, 1.807) is 12.1 Å². The molecule has 1 nitrogen and oxygen atoms in total. The fourth-order valence-corrected chi connectivity index (χ4v) is 2.07. The summed E-state index contributed by atoms with van der Waals surface area (Å²) in [5, 5.41) is 0. The molecule has 2 rings (SSSR count). The fourth-order valence-electron chi connectivity index (χ4n) is 2.07. The molecule has 0 saturated heterocycles. The first-order valence-electron chi connectivity index (χ1n) is 6.31. The lowest BCUT2D eigenvalue weighted by Gasteiger charge is -2.12. The van der Waals surface area contributed by atoms with E-state index in [1.807, 2.05) is 13.0 Å². The molecule has 0 bridgehead atoms. The number of hydrogen-bond acceptors (Lipinski definition) is 1. The molecule has 0 heterocycles. The van der Waals surface area contributed by atoms with Gasteiger partial charge in [-0.1, -0.05) is 19.9 Å². The highest BCUT2D eigenvalue weighted by Gasteiger charge is 2.12. The second-order valence-electron chi connectivity index (χ2n) is 4.97. The molecule has 2 aromatic carbocycles. The number of rotatable bonds is 3. The molecular formula is C16H15F3O. The molecule has 20 heavy (non-hydrogen) atoms. The zero-order valence-corrected chi connectivity index (χ0v) is 11.5. The summed E-state index contributed by atoms with van der Waals surface area (Å²) in [4.78, 5) is 0. The highest BCUT2D eigenvalue weighted by atomic mass is 19.2. The minimum Gasteiger partial charge on any atom is -0.454 e. The normalized spacial score (nSPS) is 10.9. The average Bonchev–Trinajstić information content (AvgIpc) is 2.35. The minimum absolute atomic E-state index is 0.333. The predicted octanol–water partition coefficient (Wildman–Crippen LogP) is 5.33. The number of hydrogen-bond donors (Lipinski definition) is 0. The highest BCUT2D eigenvalue weighted by molar-refractivity contribution is 5.39. The van der Waals surface area contributed by atoms with Crippen molar-refractivity contribution in [3.05, 3.63) is 58.9 Å². The van der Waals surface area contributed by atoms with E-state index in [2.05, 4.69) is 13.8 Å². The summed E-state index contributed by atoms with van der Waals surface area (Å²) in [7, 11) is 0. The number of benzene rings is 2. The molecule has 0 aliphatic heterocycles. The van der Waals surface area contributed by atoms with E-state index in [9.17, 15) is 13.2 Å². The Kier molecular flexibility index (Phi) is 4.02. The Bertz CT molecular complexity index is 636. The van der Waals surface area contributed by atoms with Crippen LogP contribution in [0, 0.1) is 24.4 Å². The van der Waals surface area contributed by atoms with Gasteiger partial charge in [0.25, 0.3) is 0 Å². The van der Waals surface area contributed by atoms with Gasteiger partial charge in [0.2, 0.25) is 0 Å². The van der Waals surface area contributed by atoms with Gasteiger partial charge in [-0.3, -0.25) is 0 Å². The van der Waals surface area contributed by atoms with Crippen LogP contribution in [0.3, 0.4) is 0 Å². The van der Waals surface area contributed by atoms with Crippen molar-refractivity contribution >= 4 is 0 Å². The van der Waals surface area contributed by atoms with Crippen LogP contribution in [0.1, 0.15) is 30.9 Å². The Morgan fingerprint density at radius 1 is 0.900 bits per heavy atom. The Hall–Kier alpha value is -1.97. The van der Waals surface area contributed by atoms with E-state index in [4.69, 9.17) is 4.74 Å². The summed E-state index contributed by atoms with van der Waals surface area (Å²) in [6, 6.07) is 6.49. The van der Waals surface area contributed by atoms with Crippen molar-refractivity contribution in [2.45, 2.75) is 26.7 Å². The molecule has 0 spiro atoms. The largest absolute Gasteiger partial charge is 0.454 e. The van der Waals surface area contributed by atoms with Crippen molar-refractivity contribution in [3.8, 4) is 11.5 Å². The topological polar surface area (TPSA) is 9.23 Å². The molecule has 0 radical (unpaired) electrons. The van der Waals surface area contributed by atoms with Crippen LogP contribution in [0.4, 0.5) is 13.2 Å². The first kappa shape index (κ1) is 14.4. The van der Waals surface area contributed by atoms with Gasteiger partial charge in [0, 0.05) is 12.1 Å². The van der Waals surface area contributed by atoms with E-state index < -0.39 is 17.5 Å². The summed E-state index contributed by atoms with van der Waals surface area (Å²) in [6.07, 6.45) is 0. The zero-order chi connectivity index (χ0) is 14.9. The van der Waals surface area contributed by atoms with Crippen molar-refractivity contribution in [2.24, 2.45) is 0 Å². The van der Waals surface area contributed by atoms with Crippen LogP contribution in [0.5, 0.6) is 11.5 Å². The maximum absolute atomic E-state index is 13.5. The van der Waals surface area contributed by atoms with Crippen LogP contribution in [-0.4, -0.2) is 0 Å². The van der Waals surface area contributed by atoms with E-state index in [0.717, 1.165) is 11.1 Å². The third kappa shape index (κ3) is 2.95. The molecular weight excluding hydrogens is 265 g/mol. The van der Waals surface area contributed by atoms with Crippen molar-refractivity contribution in [1.29, 1.82) is 0 Å². The van der Waals surface area contributed by atoms with Crippen LogP contribution in [0.15, 0.2) is 30.3 Å². The number of ether oxygens (including phenoxy) is 1. The Morgan fingerprint density at radius 2 is 1.55 bits per heavy atom. The summed E-state index contributed by atoms with van der Waals surface area (Å²) in [5.74, 6) is -2.89. The average molecular weight is 280 g/mol. The monoisotopic (exact) mass is 280 g/mol. The second-order valence-corrected chi connectivity index (χ2v) is 4.97. The van der Waals surface area contributed by atoms with Gasteiger partial charge in [0.15, 0.2) is 23.2 Å². The molecule has 0 aliphatic rings. The Labute approximate surface area is 116 Å². The summed E-state index contributed by atoms with van der Waals surface area (Å²) >= 11 is 0. The molecule has 0 aromatic heterocycles. The first-order chi connectivity index (χ1) is 9.38. The standard InChI is InChI=1S/C16H15F3O/c1-9(2)12-5-4-11(6-10(12)3)20-16-8-14(18)13(17)7-15(16)19/h4-9H,1-3H3. The SMILES string of the molecule is Cc1cc(Oc2cc(F)c(F)cc2F)ccc1C(C)C. The van der Waals surface area contributed by atoms with Gasteiger partial charge in [-0.25, -0.2) is 13.2 Å². The molecule has 106 valence electrons. The van der Waals surface area contributed by atoms with Crippen LogP contribution < -0.4 is 4.74 Å². The van der Waals surface area contributed by atoms with Gasteiger partial charge in [0.05, 0.1) is 0 Å². The van der Waals surface area contributed by atoms with Gasteiger partial charge in [-0.05, 0) is 36.1 Å². The fraction of sp³-hybridized carbons (Fsp3) is 0.250. The van der Waals surface area contributed by atoms with Gasteiger partial charge >= 0.3 is 0 Å². The lowest BCUT2D eigenvalue weighted by Crippen LogP contribution is -1.95. The summed E-state index contributed by atoms with van der Waals surface area (Å²) in [5.41, 5.74) is 2.16. The van der Waals surface area contributed by atoms with Crippen LogP contribution in [0.25, 0.3) is 0 Å². The van der Waals surface area contributed by atoms with E-state index in [0.29, 0.717) is 23.8 Å². The molecule has 0 N–H and O–H groups in total. The molecule has 0 fully saturated rings. The predicted molar refractivity (Wildman–Crippen MR) is 71.7 cm³/mol. The molecule has 2 aromatic rings. The lowest BCUT2D eigenvalue weighted by atomic mass is 9.98. The van der Waals surface area contributed by atoms with Crippen molar-refractivity contribution in [3.63, 3.8) is 0 Å². The zero-order valence-electron chi connectivity index (χ0n) is 11.5. The van der Waals surface area contributed by atoms with Crippen molar-refractivity contribution < 1.29 is 17.9 Å². The maximum Gasteiger partial charge on any atom is 0.168 e. The van der Waals surface area contributed by atoms with Gasteiger partial charge in [-0.2, -0.15) is 0 Å². The molecule has 4 heteroatoms. The van der Waals surface area contributed by atoms with Crippen LogP contribution in [0.2, 0.25) is 0 Å². The van der Waals surface area contributed by atoms with E-state index >= 15 is 0 Å². The first-order valence-corrected chi connectivity index (χ1v) is 6.31. The van der Waals surface area contributed by atoms with Gasteiger partial charge in [0.1, 0.15) is 5.75 Å². The summed E-state index contributed by atoms with van der Waals surface area (Å²) in [6.45, 7) is 6.06. The van der Waals surface area contributed by atoms with Gasteiger partial charge < -0.3 is 4.74 Å². The molecule has 0 amide bonds. The van der Waals surface area contributed by atoms with Crippen LogP contribution >= 0.6 is 0 Å². The van der Waals surface area contributed by atoms with Gasteiger partial charge in [-0.15, -0.1) is 0 Å². The third-order valence-electron chi connectivity index (χ3n) is 3.07. The van der Waals surface area contributed by atoms with Crippen molar-refractivity contribution in [2.75, 3.05) is 0 Å². The quantitative estimate of drug-likeness (QED) is 0.691. The smallest absolute Gasteiger partial charge is 0.168 e.